The van der Waals surface area contributed by atoms with E-state index in [1.165, 1.54) is 29.5 Å². The number of fused-ring (bicyclic) bond motifs is 1. The number of rotatable bonds is 12. The Kier molecular flexibility index (Phi) is 9.60. The van der Waals surface area contributed by atoms with Crippen LogP contribution in [0.15, 0.2) is 119 Å². The fourth-order valence-corrected chi connectivity index (χ4v) is 5.74. The topological polar surface area (TPSA) is 55.2 Å². The standard InChI is InChI=1S/C34H32FN3O2S/c35-28-18-20-29(21-19-28)38-33(40)30-15-7-8-16-31(30)36-34(38)41-24-10-9-17-32(39)37(25-27-13-5-2-6-14-27)23-22-26-11-3-1-4-12-26/h1-8,11-16,18-21H,9-10,17,22-25H2. The summed E-state index contributed by atoms with van der Waals surface area (Å²) in [6, 6.07) is 33.4. The zero-order valence-electron chi connectivity index (χ0n) is 22.8. The summed E-state index contributed by atoms with van der Waals surface area (Å²) in [5.41, 5.74) is 3.34. The van der Waals surface area contributed by atoms with Gasteiger partial charge in [0.1, 0.15) is 5.82 Å². The second kappa shape index (κ2) is 13.9. The van der Waals surface area contributed by atoms with Gasteiger partial charge in [0, 0.05) is 25.3 Å². The minimum Gasteiger partial charge on any atom is -0.338 e. The van der Waals surface area contributed by atoms with Crippen molar-refractivity contribution in [3.63, 3.8) is 0 Å². The fraction of sp³-hybridized carbons (Fsp3) is 0.206. The van der Waals surface area contributed by atoms with Crippen LogP contribution in [0.25, 0.3) is 16.6 Å². The van der Waals surface area contributed by atoms with E-state index in [4.69, 9.17) is 4.98 Å². The smallest absolute Gasteiger partial charge is 0.266 e. The Hall–Kier alpha value is -4.23. The van der Waals surface area contributed by atoms with Gasteiger partial charge in [-0.05, 0) is 66.8 Å². The van der Waals surface area contributed by atoms with Crippen molar-refractivity contribution in [2.75, 3.05) is 12.3 Å². The van der Waals surface area contributed by atoms with Gasteiger partial charge in [0.2, 0.25) is 5.91 Å². The summed E-state index contributed by atoms with van der Waals surface area (Å²) in [5, 5.41) is 1.07. The number of amides is 1. The lowest BCUT2D eigenvalue weighted by Gasteiger charge is -2.23. The Morgan fingerprint density at radius 1 is 0.805 bits per heavy atom. The molecule has 0 saturated carbocycles. The van der Waals surface area contributed by atoms with E-state index in [9.17, 15) is 14.0 Å². The van der Waals surface area contributed by atoms with Crippen LogP contribution < -0.4 is 5.56 Å². The van der Waals surface area contributed by atoms with Crippen LogP contribution in [0.4, 0.5) is 4.39 Å². The number of carbonyl (C=O) groups excluding carboxylic acids is 1. The number of thioether (sulfide) groups is 1. The van der Waals surface area contributed by atoms with Crippen LogP contribution in [0.2, 0.25) is 0 Å². The molecule has 7 heteroatoms. The number of aromatic nitrogens is 2. The highest BCUT2D eigenvalue weighted by Crippen LogP contribution is 2.23. The lowest BCUT2D eigenvalue weighted by molar-refractivity contribution is -0.131. The second-order valence-electron chi connectivity index (χ2n) is 9.87. The number of para-hydroxylation sites is 1. The number of benzene rings is 4. The minimum atomic E-state index is -0.362. The molecular formula is C34H32FN3O2S. The molecule has 0 aliphatic carbocycles. The van der Waals surface area contributed by atoms with E-state index in [1.54, 1.807) is 22.8 Å². The highest BCUT2D eigenvalue weighted by Gasteiger charge is 2.16. The van der Waals surface area contributed by atoms with Gasteiger partial charge >= 0.3 is 0 Å². The van der Waals surface area contributed by atoms with Crippen molar-refractivity contribution in [3.05, 3.63) is 136 Å². The first kappa shape index (κ1) is 28.3. The van der Waals surface area contributed by atoms with Crippen molar-refractivity contribution in [1.82, 2.24) is 14.5 Å². The molecule has 0 fully saturated rings. The molecule has 0 N–H and O–H groups in total. The van der Waals surface area contributed by atoms with Crippen molar-refractivity contribution in [3.8, 4) is 5.69 Å². The minimum absolute atomic E-state index is 0.141. The normalized spacial score (nSPS) is 11.0. The van der Waals surface area contributed by atoms with Crippen LogP contribution in [0.1, 0.15) is 30.4 Å². The molecule has 1 heterocycles. The number of hydrogen-bond donors (Lipinski definition) is 0. The molecular weight excluding hydrogens is 533 g/mol. The highest BCUT2D eigenvalue weighted by molar-refractivity contribution is 7.99. The van der Waals surface area contributed by atoms with Crippen molar-refractivity contribution in [2.24, 2.45) is 0 Å². The summed E-state index contributed by atoms with van der Waals surface area (Å²) >= 11 is 1.48. The summed E-state index contributed by atoms with van der Waals surface area (Å²) in [7, 11) is 0. The number of nitrogens with zero attached hydrogens (tertiary/aromatic N) is 3. The maximum absolute atomic E-state index is 13.6. The average molecular weight is 566 g/mol. The van der Waals surface area contributed by atoms with E-state index in [2.05, 4.69) is 24.3 Å². The second-order valence-corrected chi connectivity index (χ2v) is 10.9. The van der Waals surface area contributed by atoms with Crippen LogP contribution in [0, 0.1) is 5.82 Å². The van der Waals surface area contributed by atoms with E-state index in [0.717, 1.165) is 24.8 Å². The molecule has 0 bridgehead atoms. The molecule has 0 aliphatic rings. The van der Waals surface area contributed by atoms with Gasteiger partial charge in [0.25, 0.3) is 5.56 Å². The van der Waals surface area contributed by atoms with Crippen molar-refractivity contribution in [1.29, 1.82) is 0 Å². The molecule has 0 aliphatic heterocycles. The molecule has 5 rings (SSSR count). The largest absolute Gasteiger partial charge is 0.338 e. The Balaban J connectivity index is 1.23. The first-order chi connectivity index (χ1) is 20.1. The molecule has 0 unspecified atom stereocenters. The third-order valence-corrected chi connectivity index (χ3v) is 7.95. The Morgan fingerprint density at radius 2 is 1.46 bits per heavy atom. The number of carbonyl (C=O) groups is 1. The quantitative estimate of drug-likeness (QED) is 0.0924. The van der Waals surface area contributed by atoms with E-state index in [1.807, 2.05) is 59.5 Å². The lowest BCUT2D eigenvalue weighted by Crippen LogP contribution is -2.32. The summed E-state index contributed by atoms with van der Waals surface area (Å²) in [5.74, 6) is 0.475. The van der Waals surface area contributed by atoms with Gasteiger partial charge in [-0.1, -0.05) is 84.6 Å². The van der Waals surface area contributed by atoms with Gasteiger partial charge < -0.3 is 4.90 Å². The Bertz CT molecular complexity index is 1640. The summed E-state index contributed by atoms with van der Waals surface area (Å²) in [6.07, 6.45) is 2.79. The highest BCUT2D eigenvalue weighted by atomic mass is 32.2. The van der Waals surface area contributed by atoms with Crippen molar-refractivity contribution < 1.29 is 9.18 Å². The van der Waals surface area contributed by atoms with Crippen molar-refractivity contribution >= 4 is 28.6 Å². The van der Waals surface area contributed by atoms with E-state index in [-0.39, 0.29) is 17.3 Å². The number of unbranched alkanes of at least 4 members (excludes halogenated alkanes) is 1. The molecule has 4 aromatic carbocycles. The van der Waals surface area contributed by atoms with Crippen LogP contribution in [0.5, 0.6) is 0 Å². The van der Waals surface area contributed by atoms with Crippen LogP contribution in [-0.4, -0.2) is 32.7 Å². The molecule has 1 amide bonds. The molecule has 0 atom stereocenters. The maximum Gasteiger partial charge on any atom is 0.266 e. The van der Waals surface area contributed by atoms with E-state index in [0.29, 0.717) is 47.0 Å². The number of hydrogen-bond acceptors (Lipinski definition) is 4. The predicted octanol–water partition coefficient (Wildman–Crippen LogP) is 7.06. The lowest BCUT2D eigenvalue weighted by atomic mass is 10.1. The molecule has 5 nitrogen and oxygen atoms in total. The third-order valence-electron chi connectivity index (χ3n) is 6.93. The summed E-state index contributed by atoms with van der Waals surface area (Å²) < 4.78 is 15.1. The van der Waals surface area contributed by atoms with Crippen LogP contribution in [-0.2, 0) is 17.8 Å². The van der Waals surface area contributed by atoms with Gasteiger partial charge in [0.15, 0.2) is 5.16 Å². The molecule has 0 radical (unpaired) electrons. The molecule has 41 heavy (non-hydrogen) atoms. The van der Waals surface area contributed by atoms with E-state index >= 15 is 0 Å². The van der Waals surface area contributed by atoms with Crippen LogP contribution in [0.3, 0.4) is 0 Å². The summed E-state index contributed by atoms with van der Waals surface area (Å²) in [6.45, 7) is 1.25. The van der Waals surface area contributed by atoms with Gasteiger partial charge in [0.05, 0.1) is 16.6 Å². The predicted molar refractivity (Wildman–Crippen MR) is 164 cm³/mol. The molecule has 5 aromatic rings. The van der Waals surface area contributed by atoms with Gasteiger partial charge in [-0.3, -0.25) is 14.2 Å². The molecule has 0 saturated heterocycles. The monoisotopic (exact) mass is 565 g/mol. The van der Waals surface area contributed by atoms with Crippen molar-refractivity contribution in [2.45, 2.75) is 37.4 Å². The molecule has 0 spiro atoms. The van der Waals surface area contributed by atoms with E-state index < -0.39 is 0 Å². The van der Waals surface area contributed by atoms with Gasteiger partial charge in [-0.25, -0.2) is 9.37 Å². The Labute approximate surface area is 243 Å². The first-order valence-corrected chi connectivity index (χ1v) is 14.8. The fourth-order valence-electron chi connectivity index (χ4n) is 4.73. The van der Waals surface area contributed by atoms with Crippen LogP contribution >= 0.6 is 11.8 Å². The SMILES string of the molecule is O=C(CCCCSc1nc2ccccc2c(=O)n1-c1ccc(F)cc1)N(CCc1ccccc1)Cc1ccccc1. The third kappa shape index (κ3) is 7.50. The first-order valence-electron chi connectivity index (χ1n) is 13.8. The zero-order valence-corrected chi connectivity index (χ0v) is 23.6. The summed E-state index contributed by atoms with van der Waals surface area (Å²) in [4.78, 5) is 33.4. The van der Waals surface area contributed by atoms with Gasteiger partial charge in [-0.2, -0.15) is 0 Å². The Morgan fingerprint density at radius 3 is 2.20 bits per heavy atom. The average Bonchev–Trinajstić information content (AvgIpc) is 3.01. The maximum atomic E-state index is 13.6. The molecule has 1 aromatic heterocycles. The zero-order chi connectivity index (χ0) is 28.4. The van der Waals surface area contributed by atoms with Gasteiger partial charge in [-0.15, -0.1) is 0 Å². The number of halogens is 1. The molecule has 208 valence electrons.